The lowest BCUT2D eigenvalue weighted by Crippen LogP contribution is -2.75. The van der Waals surface area contributed by atoms with Crippen molar-refractivity contribution >= 4 is 27.5 Å². The zero-order valence-corrected chi connectivity index (χ0v) is 18.7. The number of halogens is 1. The number of hydrogen-bond donors (Lipinski definition) is 0. The summed E-state index contributed by atoms with van der Waals surface area (Å²) in [5, 5.41) is 0. The summed E-state index contributed by atoms with van der Waals surface area (Å²) in [6.07, 6.45) is 2.47. The van der Waals surface area contributed by atoms with Crippen LogP contribution in [0.5, 0.6) is 5.75 Å². The molecule has 1 aliphatic carbocycles. The van der Waals surface area contributed by atoms with Crippen LogP contribution >= 0.6 is 15.9 Å². The molecule has 0 spiro atoms. The number of amides is 1. The average molecular weight is 454 g/mol. The normalized spacial score (nSPS) is 24.3. The van der Waals surface area contributed by atoms with Crippen LogP contribution in [0.3, 0.4) is 0 Å². The molecule has 1 aromatic carbocycles. The Kier molecular flexibility index (Phi) is 4.70. The molecule has 0 bridgehead atoms. The molecule has 2 aliphatic rings. The first-order chi connectivity index (χ1) is 13.7. The lowest BCUT2D eigenvalue weighted by Gasteiger charge is -2.66. The second kappa shape index (κ2) is 6.84. The van der Waals surface area contributed by atoms with E-state index in [1.165, 1.54) is 0 Å². The Labute approximate surface area is 180 Å². The van der Waals surface area contributed by atoms with Crippen molar-refractivity contribution in [1.29, 1.82) is 0 Å². The molecular formula is C23H24BrN3O2. The van der Waals surface area contributed by atoms with E-state index in [1.807, 2.05) is 29.2 Å². The van der Waals surface area contributed by atoms with Gasteiger partial charge in [-0.15, -0.1) is 0 Å². The van der Waals surface area contributed by atoms with Crippen LogP contribution in [0.15, 0.2) is 41.0 Å². The number of nitrogens with zero attached hydrogens (tertiary/aromatic N) is 3. The number of hydrogen-bond acceptors (Lipinski definition) is 3. The Balaban J connectivity index is 1.60. The number of carbonyl (C=O) groups excluding carboxylic acids is 1. The van der Waals surface area contributed by atoms with Crippen molar-refractivity contribution < 1.29 is 9.53 Å². The second-order valence-electron chi connectivity index (χ2n) is 9.01. The molecule has 1 amide bonds. The molecule has 0 saturated heterocycles. The van der Waals surface area contributed by atoms with Gasteiger partial charge in [-0.25, -0.2) is 4.85 Å². The van der Waals surface area contributed by atoms with E-state index in [4.69, 9.17) is 11.3 Å². The largest absolute Gasteiger partial charge is 0.489 e. The molecule has 0 atom stereocenters. The fourth-order valence-electron chi connectivity index (χ4n) is 5.56. The SMILES string of the molecule is [C-]#[N+]c1ccc(OC2C(C)(C)C(N3CCc4ncccc4C3=O)C2(C)C)cc1Br. The number of rotatable bonds is 3. The van der Waals surface area contributed by atoms with E-state index < -0.39 is 0 Å². The highest BCUT2D eigenvalue weighted by atomic mass is 79.9. The smallest absolute Gasteiger partial charge is 0.256 e. The molecule has 0 radical (unpaired) electrons. The van der Waals surface area contributed by atoms with Crippen LogP contribution < -0.4 is 4.74 Å². The van der Waals surface area contributed by atoms with E-state index >= 15 is 0 Å². The molecule has 150 valence electrons. The maximum Gasteiger partial charge on any atom is 0.256 e. The van der Waals surface area contributed by atoms with Crippen LogP contribution in [0.2, 0.25) is 0 Å². The highest BCUT2D eigenvalue weighted by Crippen LogP contribution is 2.58. The summed E-state index contributed by atoms with van der Waals surface area (Å²) < 4.78 is 7.13. The van der Waals surface area contributed by atoms with Crippen molar-refractivity contribution in [2.75, 3.05) is 6.54 Å². The molecule has 2 heterocycles. The first-order valence-electron chi connectivity index (χ1n) is 9.76. The van der Waals surface area contributed by atoms with E-state index in [0.29, 0.717) is 17.8 Å². The maximum absolute atomic E-state index is 13.2. The summed E-state index contributed by atoms with van der Waals surface area (Å²) in [5.41, 5.74) is 1.73. The van der Waals surface area contributed by atoms with E-state index in [-0.39, 0.29) is 28.9 Å². The summed E-state index contributed by atoms with van der Waals surface area (Å²) in [6.45, 7) is 16.5. The molecule has 0 unspecified atom stereocenters. The molecule has 1 fully saturated rings. The minimum absolute atomic E-state index is 0.0613. The van der Waals surface area contributed by atoms with Crippen LogP contribution in [0.25, 0.3) is 4.85 Å². The molecule has 6 heteroatoms. The third-order valence-corrected chi connectivity index (χ3v) is 6.97. The van der Waals surface area contributed by atoms with Gasteiger partial charge in [-0.3, -0.25) is 9.78 Å². The molecule has 1 aromatic heterocycles. The van der Waals surface area contributed by atoms with Crippen LogP contribution in [0.4, 0.5) is 5.69 Å². The Hall–Kier alpha value is -2.39. The lowest BCUT2D eigenvalue weighted by atomic mass is 9.48. The van der Waals surface area contributed by atoms with Gasteiger partial charge < -0.3 is 9.64 Å². The van der Waals surface area contributed by atoms with Crippen molar-refractivity contribution in [2.24, 2.45) is 10.8 Å². The molecule has 2 aromatic rings. The molecule has 4 rings (SSSR count). The second-order valence-corrected chi connectivity index (χ2v) is 9.87. The summed E-state index contributed by atoms with van der Waals surface area (Å²) in [7, 11) is 0. The minimum atomic E-state index is -0.218. The van der Waals surface area contributed by atoms with Gasteiger partial charge in [0.05, 0.1) is 17.8 Å². The number of pyridine rings is 1. The number of ether oxygens (including phenoxy) is 1. The van der Waals surface area contributed by atoms with Gasteiger partial charge in [0.1, 0.15) is 11.9 Å². The minimum Gasteiger partial charge on any atom is -0.489 e. The first kappa shape index (κ1) is 19.9. The summed E-state index contributed by atoms with van der Waals surface area (Å²) >= 11 is 3.44. The number of aromatic nitrogens is 1. The van der Waals surface area contributed by atoms with Gasteiger partial charge in [-0.05, 0) is 24.3 Å². The predicted molar refractivity (Wildman–Crippen MR) is 115 cm³/mol. The topological polar surface area (TPSA) is 46.8 Å². The van der Waals surface area contributed by atoms with Gasteiger partial charge in [0.2, 0.25) is 5.69 Å². The Morgan fingerprint density at radius 1 is 1.24 bits per heavy atom. The number of carbonyl (C=O) groups is 1. The third kappa shape index (κ3) is 3.03. The van der Waals surface area contributed by atoms with Gasteiger partial charge in [-0.2, -0.15) is 0 Å². The van der Waals surface area contributed by atoms with Gasteiger partial charge in [-0.1, -0.05) is 49.7 Å². The molecule has 29 heavy (non-hydrogen) atoms. The van der Waals surface area contributed by atoms with Crippen LogP contribution in [0, 0.1) is 17.4 Å². The summed E-state index contributed by atoms with van der Waals surface area (Å²) in [6, 6.07) is 9.22. The third-order valence-electron chi connectivity index (χ3n) is 6.34. The quantitative estimate of drug-likeness (QED) is 0.594. The van der Waals surface area contributed by atoms with Crippen LogP contribution in [-0.2, 0) is 6.42 Å². The highest BCUT2D eigenvalue weighted by Gasteiger charge is 2.66. The first-order valence-corrected chi connectivity index (χ1v) is 10.6. The van der Waals surface area contributed by atoms with E-state index in [1.54, 1.807) is 12.3 Å². The van der Waals surface area contributed by atoms with Gasteiger partial charge >= 0.3 is 0 Å². The Bertz CT molecular complexity index is 1010. The summed E-state index contributed by atoms with van der Waals surface area (Å²) in [4.78, 5) is 23.1. The average Bonchev–Trinajstić information content (AvgIpc) is 2.68. The molecule has 0 N–H and O–H groups in total. The maximum atomic E-state index is 13.2. The standard InChI is InChI=1S/C23H24BrN3O2/c1-22(2)20(27-12-10-17-15(19(27)28)7-6-11-26-17)23(3,4)21(22)29-14-8-9-18(25-5)16(24)13-14/h6-9,11,13,20-21H,10,12H2,1-4H3. The van der Waals surface area contributed by atoms with Gasteiger partial charge in [0.15, 0.2) is 0 Å². The molecule has 1 saturated carbocycles. The van der Waals surface area contributed by atoms with E-state index in [9.17, 15) is 4.79 Å². The van der Waals surface area contributed by atoms with Crippen molar-refractivity contribution in [3.63, 3.8) is 0 Å². The number of benzene rings is 1. The zero-order chi connectivity index (χ0) is 21.0. The van der Waals surface area contributed by atoms with Crippen molar-refractivity contribution in [2.45, 2.75) is 46.3 Å². The molecule has 1 aliphatic heterocycles. The van der Waals surface area contributed by atoms with E-state index in [2.05, 4.69) is 53.5 Å². The lowest BCUT2D eigenvalue weighted by molar-refractivity contribution is -0.199. The fraction of sp³-hybridized carbons (Fsp3) is 0.435. The van der Waals surface area contributed by atoms with Gasteiger partial charge in [0, 0.05) is 40.5 Å². The van der Waals surface area contributed by atoms with Crippen LogP contribution in [-0.4, -0.2) is 34.5 Å². The van der Waals surface area contributed by atoms with Gasteiger partial charge in [0.25, 0.3) is 5.91 Å². The molecular weight excluding hydrogens is 430 g/mol. The van der Waals surface area contributed by atoms with Crippen molar-refractivity contribution in [3.05, 3.63) is 63.7 Å². The number of fused-ring (bicyclic) bond motifs is 1. The van der Waals surface area contributed by atoms with Crippen molar-refractivity contribution in [1.82, 2.24) is 9.88 Å². The monoisotopic (exact) mass is 453 g/mol. The Morgan fingerprint density at radius 2 is 1.97 bits per heavy atom. The van der Waals surface area contributed by atoms with Crippen LogP contribution in [0.1, 0.15) is 43.7 Å². The fourth-order valence-corrected chi connectivity index (χ4v) is 6.01. The zero-order valence-electron chi connectivity index (χ0n) is 17.1. The van der Waals surface area contributed by atoms with Crippen molar-refractivity contribution in [3.8, 4) is 5.75 Å². The summed E-state index contributed by atoms with van der Waals surface area (Å²) in [5.74, 6) is 0.793. The molecule has 5 nitrogen and oxygen atoms in total. The predicted octanol–water partition coefficient (Wildman–Crippen LogP) is 5.28. The highest BCUT2D eigenvalue weighted by molar-refractivity contribution is 9.10. The Morgan fingerprint density at radius 3 is 2.62 bits per heavy atom. The van der Waals surface area contributed by atoms with E-state index in [0.717, 1.165) is 22.3 Å².